The maximum atomic E-state index is 12.5. The number of nitrogens with zero attached hydrogens (tertiary/aromatic N) is 2. The molecule has 2 heterocycles. The van der Waals surface area contributed by atoms with Gasteiger partial charge in [-0.15, -0.1) is 0 Å². The van der Waals surface area contributed by atoms with Crippen LogP contribution in [0.5, 0.6) is 11.8 Å². The second kappa shape index (κ2) is 12.0. The van der Waals surface area contributed by atoms with Crippen molar-refractivity contribution in [3.63, 3.8) is 0 Å². The number of rotatable bonds is 10. The lowest BCUT2D eigenvalue weighted by Gasteiger charge is -2.12. The quantitative estimate of drug-likeness (QED) is 0.372. The van der Waals surface area contributed by atoms with Gasteiger partial charge >= 0.3 is 6.16 Å². The first-order valence-electron chi connectivity index (χ1n) is 12.6. The van der Waals surface area contributed by atoms with Gasteiger partial charge in [0, 0.05) is 23.5 Å². The molecule has 4 rings (SSSR count). The largest absolute Gasteiger partial charge is 0.522 e. The molecule has 2 aromatic heterocycles. The molecule has 2 aliphatic carbocycles. The smallest absolute Gasteiger partial charge is 0.375 e. The third-order valence-electron chi connectivity index (χ3n) is 7.13. The Balaban J connectivity index is 1.29. The molecule has 5 heteroatoms. The molecule has 0 aromatic carbocycles. The van der Waals surface area contributed by atoms with Crippen LogP contribution in [0.25, 0.3) is 0 Å². The standard InChI is InChI=1S/C27H36N2O3/c30-27(31-25-23(17-7-19-28-25)15-5-13-21-9-1-2-10-21)32-26-24(18-8-20-29-26)16-6-14-22-11-3-4-12-22/h7-8,17-22H,1-6,9-16H2. The van der Waals surface area contributed by atoms with Crippen LogP contribution in [0, 0.1) is 11.8 Å². The van der Waals surface area contributed by atoms with Crippen molar-refractivity contribution in [1.82, 2.24) is 9.97 Å². The van der Waals surface area contributed by atoms with E-state index in [1.54, 1.807) is 12.4 Å². The van der Waals surface area contributed by atoms with E-state index >= 15 is 0 Å². The Labute approximate surface area is 192 Å². The Kier molecular flexibility index (Phi) is 8.52. The lowest BCUT2D eigenvalue weighted by Crippen LogP contribution is -2.17. The van der Waals surface area contributed by atoms with Crippen molar-refractivity contribution in [2.45, 2.75) is 89.9 Å². The summed E-state index contributed by atoms with van der Waals surface area (Å²) >= 11 is 0. The second-order valence-corrected chi connectivity index (χ2v) is 9.47. The molecular weight excluding hydrogens is 400 g/mol. The fourth-order valence-corrected chi connectivity index (χ4v) is 5.35. The number of ether oxygens (including phenoxy) is 2. The predicted molar refractivity (Wildman–Crippen MR) is 125 cm³/mol. The molecule has 0 atom stereocenters. The molecule has 2 aliphatic rings. The van der Waals surface area contributed by atoms with Crippen LogP contribution in [0.1, 0.15) is 88.2 Å². The zero-order valence-corrected chi connectivity index (χ0v) is 19.1. The predicted octanol–water partition coefficient (Wildman–Crippen LogP) is 7.08. The summed E-state index contributed by atoms with van der Waals surface area (Å²) in [4.78, 5) is 21.1. The van der Waals surface area contributed by atoms with Gasteiger partial charge in [0.2, 0.25) is 11.8 Å². The van der Waals surface area contributed by atoms with Crippen molar-refractivity contribution >= 4 is 6.16 Å². The highest BCUT2D eigenvalue weighted by molar-refractivity contribution is 5.66. The summed E-state index contributed by atoms with van der Waals surface area (Å²) in [5, 5.41) is 0. The number of pyridine rings is 2. The van der Waals surface area contributed by atoms with E-state index in [1.807, 2.05) is 24.3 Å². The highest BCUT2D eigenvalue weighted by Gasteiger charge is 2.18. The van der Waals surface area contributed by atoms with Gasteiger partial charge in [-0.2, -0.15) is 0 Å². The van der Waals surface area contributed by atoms with Crippen LogP contribution >= 0.6 is 0 Å². The maximum absolute atomic E-state index is 12.5. The Morgan fingerprint density at radius 2 is 1.19 bits per heavy atom. The van der Waals surface area contributed by atoms with E-state index < -0.39 is 6.16 Å². The molecule has 0 N–H and O–H groups in total. The number of aromatic nitrogens is 2. The number of aryl methyl sites for hydroxylation is 2. The summed E-state index contributed by atoms with van der Waals surface area (Å²) in [5.41, 5.74) is 1.92. The first-order valence-corrected chi connectivity index (χ1v) is 12.6. The Morgan fingerprint density at radius 1 is 0.750 bits per heavy atom. The highest BCUT2D eigenvalue weighted by atomic mass is 16.7. The van der Waals surface area contributed by atoms with Gasteiger partial charge < -0.3 is 9.47 Å². The molecule has 0 saturated heterocycles. The highest BCUT2D eigenvalue weighted by Crippen LogP contribution is 2.31. The third-order valence-corrected chi connectivity index (χ3v) is 7.13. The minimum atomic E-state index is -0.767. The van der Waals surface area contributed by atoms with Crippen molar-refractivity contribution in [1.29, 1.82) is 0 Å². The zero-order valence-electron chi connectivity index (χ0n) is 19.1. The average molecular weight is 437 g/mol. The van der Waals surface area contributed by atoms with Gasteiger partial charge in [0.15, 0.2) is 0 Å². The topological polar surface area (TPSA) is 61.3 Å². The molecule has 0 radical (unpaired) electrons. The molecule has 0 unspecified atom stereocenters. The molecule has 2 saturated carbocycles. The molecular formula is C27H36N2O3. The molecule has 0 amide bonds. The van der Waals surface area contributed by atoms with Crippen LogP contribution in [0.2, 0.25) is 0 Å². The lowest BCUT2D eigenvalue weighted by molar-refractivity contribution is 0.147. The van der Waals surface area contributed by atoms with Crippen molar-refractivity contribution in [2.24, 2.45) is 11.8 Å². The maximum Gasteiger partial charge on any atom is 0.522 e. The van der Waals surface area contributed by atoms with Crippen molar-refractivity contribution < 1.29 is 14.3 Å². The van der Waals surface area contributed by atoms with E-state index in [0.717, 1.165) is 48.6 Å². The van der Waals surface area contributed by atoms with Gasteiger partial charge in [-0.05, 0) is 49.7 Å². The van der Waals surface area contributed by atoms with Gasteiger partial charge in [0.05, 0.1) is 0 Å². The van der Waals surface area contributed by atoms with Gasteiger partial charge in [0.25, 0.3) is 0 Å². The minimum absolute atomic E-state index is 0.350. The van der Waals surface area contributed by atoms with Crippen molar-refractivity contribution in [2.75, 3.05) is 0 Å². The lowest BCUT2D eigenvalue weighted by atomic mass is 9.99. The molecule has 32 heavy (non-hydrogen) atoms. The van der Waals surface area contributed by atoms with Gasteiger partial charge in [-0.1, -0.05) is 76.3 Å². The summed E-state index contributed by atoms with van der Waals surface area (Å²) in [6.45, 7) is 0. The Hall–Kier alpha value is -2.43. The first-order chi connectivity index (χ1) is 15.8. The van der Waals surface area contributed by atoms with Crippen molar-refractivity contribution in [3.05, 3.63) is 47.8 Å². The minimum Gasteiger partial charge on any atom is -0.375 e. The Bertz CT molecular complexity index is 788. The van der Waals surface area contributed by atoms with Crippen molar-refractivity contribution in [3.8, 4) is 11.8 Å². The van der Waals surface area contributed by atoms with Gasteiger partial charge in [-0.3, -0.25) is 0 Å². The van der Waals surface area contributed by atoms with Crippen LogP contribution < -0.4 is 9.47 Å². The van der Waals surface area contributed by atoms with E-state index in [9.17, 15) is 4.79 Å². The second-order valence-electron chi connectivity index (χ2n) is 9.47. The average Bonchev–Trinajstić information content (AvgIpc) is 3.51. The molecule has 5 nitrogen and oxygen atoms in total. The fourth-order valence-electron chi connectivity index (χ4n) is 5.35. The molecule has 0 aliphatic heterocycles. The number of carbonyl (C=O) groups is 1. The van der Waals surface area contributed by atoms with Crippen LogP contribution in [0.3, 0.4) is 0 Å². The number of hydrogen-bond acceptors (Lipinski definition) is 5. The van der Waals surface area contributed by atoms with Crippen LogP contribution in [-0.2, 0) is 12.8 Å². The number of carbonyl (C=O) groups excluding carboxylic acids is 1. The van der Waals surface area contributed by atoms with E-state index in [-0.39, 0.29) is 0 Å². The van der Waals surface area contributed by atoms with E-state index in [1.165, 1.54) is 64.2 Å². The van der Waals surface area contributed by atoms with Gasteiger partial charge in [0.1, 0.15) is 0 Å². The van der Waals surface area contributed by atoms with E-state index in [4.69, 9.17) is 9.47 Å². The third kappa shape index (κ3) is 6.78. The SMILES string of the molecule is O=C(Oc1ncccc1CCCC1CCCC1)Oc1ncccc1CCCC1CCCC1. The normalized spacial score (nSPS) is 17.0. The van der Waals surface area contributed by atoms with E-state index in [2.05, 4.69) is 9.97 Å². The van der Waals surface area contributed by atoms with Crippen LogP contribution in [0.15, 0.2) is 36.7 Å². The summed E-state index contributed by atoms with van der Waals surface area (Å²) < 4.78 is 11.0. The van der Waals surface area contributed by atoms with Crippen LogP contribution in [-0.4, -0.2) is 16.1 Å². The summed E-state index contributed by atoms with van der Waals surface area (Å²) in [6.07, 6.45) is 19.8. The molecule has 2 aromatic rings. The summed E-state index contributed by atoms with van der Waals surface area (Å²) in [5.74, 6) is 2.42. The van der Waals surface area contributed by atoms with E-state index in [0.29, 0.717) is 11.8 Å². The monoisotopic (exact) mass is 436 g/mol. The first kappa shape index (κ1) is 22.8. The molecule has 172 valence electrons. The molecule has 2 fully saturated rings. The molecule has 0 spiro atoms. The summed E-state index contributed by atoms with van der Waals surface area (Å²) in [7, 11) is 0. The summed E-state index contributed by atoms with van der Waals surface area (Å²) in [6, 6.07) is 7.76. The zero-order chi connectivity index (χ0) is 22.0. The number of hydrogen-bond donors (Lipinski definition) is 0. The van der Waals surface area contributed by atoms with Crippen LogP contribution in [0.4, 0.5) is 4.79 Å². The molecule has 0 bridgehead atoms. The fraction of sp³-hybridized carbons (Fsp3) is 0.593. The Morgan fingerprint density at radius 3 is 1.62 bits per heavy atom. The van der Waals surface area contributed by atoms with Gasteiger partial charge in [-0.25, -0.2) is 14.8 Å².